The predicted molar refractivity (Wildman–Crippen MR) is 50.9 cm³/mol. The van der Waals surface area contributed by atoms with Crippen molar-refractivity contribution in [3.63, 3.8) is 0 Å². The highest BCUT2D eigenvalue weighted by atomic mass is 16.2. The lowest BCUT2D eigenvalue weighted by atomic mass is 10.1. The summed E-state index contributed by atoms with van der Waals surface area (Å²) in [6.07, 6.45) is 5.35. The van der Waals surface area contributed by atoms with Crippen molar-refractivity contribution in [3.05, 3.63) is 0 Å². The van der Waals surface area contributed by atoms with Crippen molar-refractivity contribution in [2.24, 2.45) is 5.73 Å². The van der Waals surface area contributed by atoms with E-state index < -0.39 is 6.04 Å². The fourth-order valence-electron chi connectivity index (χ4n) is 1.32. The molecular weight excluding hydrogens is 166 g/mol. The van der Waals surface area contributed by atoms with E-state index in [2.05, 4.69) is 16.1 Å². The minimum Gasteiger partial charge on any atom is -0.349 e. The van der Waals surface area contributed by atoms with Crippen molar-refractivity contribution < 1.29 is 4.79 Å². The minimum absolute atomic E-state index is 0.143. The Morgan fingerprint density at radius 1 is 1.85 bits per heavy atom. The molecule has 1 rings (SSSR count). The zero-order valence-corrected chi connectivity index (χ0v) is 7.79. The Hall–Kier alpha value is -1.05. The van der Waals surface area contributed by atoms with Gasteiger partial charge in [0.05, 0.1) is 12.1 Å². The molecule has 72 valence electrons. The van der Waals surface area contributed by atoms with Gasteiger partial charge in [0.2, 0.25) is 5.91 Å². The van der Waals surface area contributed by atoms with Gasteiger partial charge in [-0.05, 0) is 7.05 Å². The van der Waals surface area contributed by atoms with Gasteiger partial charge in [0.15, 0.2) is 0 Å². The summed E-state index contributed by atoms with van der Waals surface area (Å²) >= 11 is 0. The molecule has 13 heavy (non-hydrogen) atoms. The second-order valence-corrected chi connectivity index (χ2v) is 3.44. The van der Waals surface area contributed by atoms with Crippen LogP contribution in [0.1, 0.15) is 6.42 Å². The fraction of sp³-hybridized carbons (Fsp3) is 0.667. The number of terminal acetylenes is 1. The first-order chi connectivity index (χ1) is 6.13. The van der Waals surface area contributed by atoms with Gasteiger partial charge in [-0.15, -0.1) is 12.3 Å². The van der Waals surface area contributed by atoms with Crippen LogP contribution in [-0.2, 0) is 4.79 Å². The predicted octanol–water partition coefficient (Wildman–Crippen LogP) is -1.23. The zero-order chi connectivity index (χ0) is 9.84. The van der Waals surface area contributed by atoms with Crippen LogP contribution in [0.25, 0.3) is 0 Å². The van der Waals surface area contributed by atoms with Crippen LogP contribution in [0, 0.1) is 12.3 Å². The van der Waals surface area contributed by atoms with E-state index in [1.807, 2.05) is 7.05 Å². The summed E-state index contributed by atoms with van der Waals surface area (Å²) in [5, 5.41) is 2.83. The number of carbonyl (C=O) groups is 1. The molecule has 4 heteroatoms. The molecule has 0 saturated carbocycles. The lowest BCUT2D eigenvalue weighted by Gasteiger charge is -2.36. The molecule has 0 aromatic heterocycles. The number of nitrogens with zero attached hydrogens (tertiary/aromatic N) is 1. The van der Waals surface area contributed by atoms with Gasteiger partial charge in [-0.25, -0.2) is 0 Å². The van der Waals surface area contributed by atoms with Gasteiger partial charge in [0.1, 0.15) is 0 Å². The number of nitrogens with two attached hydrogens (primary N) is 1. The topological polar surface area (TPSA) is 58.4 Å². The Kier molecular flexibility index (Phi) is 3.29. The highest BCUT2D eigenvalue weighted by Gasteiger charge is 2.26. The summed E-state index contributed by atoms with van der Waals surface area (Å²) < 4.78 is 0. The molecule has 1 fully saturated rings. The van der Waals surface area contributed by atoms with Gasteiger partial charge < -0.3 is 16.0 Å². The van der Waals surface area contributed by atoms with Gasteiger partial charge in [-0.3, -0.25) is 4.79 Å². The summed E-state index contributed by atoms with van der Waals surface area (Å²) in [5.41, 5.74) is 5.52. The molecule has 1 heterocycles. The van der Waals surface area contributed by atoms with Crippen molar-refractivity contribution in [1.82, 2.24) is 10.2 Å². The van der Waals surface area contributed by atoms with E-state index in [0.29, 0.717) is 6.42 Å². The number of likely N-dealkylation sites (N-methyl/N-ethyl adjacent to an activating group) is 1. The molecule has 1 aliphatic heterocycles. The lowest BCUT2D eigenvalue weighted by molar-refractivity contribution is -0.123. The van der Waals surface area contributed by atoms with E-state index in [-0.39, 0.29) is 11.9 Å². The molecule has 1 unspecified atom stereocenters. The Morgan fingerprint density at radius 3 is 2.92 bits per heavy atom. The Bertz CT molecular complexity index is 228. The van der Waals surface area contributed by atoms with Gasteiger partial charge >= 0.3 is 0 Å². The molecule has 0 spiro atoms. The van der Waals surface area contributed by atoms with E-state index in [4.69, 9.17) is 12.2 Å². The molecule has 0 aromatic rings. The number of nitrogens with one attached hydrogen (secondary N) is 1. The first-order valence-electron chi connectivity index (χ1n) is 4.31. The second kappa shape index (κ2) is 4.26. The molecule has 1 saturated heterocycles. The quantitative estimate of drug-likeness (QED) is 0.536. The highest BCUT2D eigenvalue weighted by molar-refractivity contribution is 5.82. The molecular formula is C9H15N3O. The molecule has 0 radical (unpaired) electrons. The third kappa shape index (κ3) is 2.72. The summed E-state index contributed by atoms with van der Waals surface area (Å²) in [4.78, 5) is 13.4. The SMILES string of the molecule is C#CCC(N)C(=O)NC1CN(C)C1. The van der Waals surface area contributed by atoms with Gasteiger partial charge in [-0.2, -0.15) is 0 Å². The Labute approximate surface area is 78.5 Å². The third-order valence-electron chi connectivity index (χ3n) is 2.09. The minimum atomic E-state index is -0.559. The number of hydrogen-bond donors (Lipinski definition) is 2. The van der Waals surface area contributed by atoms with Gasteiger partial charge in [-0.1, -0.05) is 0 Å². The number of rotatable bonds is 3. The zero-order valence-electron chi connectivity index (χ0n) is 7.79. The van der Waals surface area contributed by atoms with E-state index in [1.165, 1.54) is 0 Å². The summed E-state index contributed by atoms with van der Waals surface area (Å²) in [6.45, 7) is 1.79. The molecule has 1 atom stereocenters. The average molecular weight is 181 g/mol. The second-order valence-electron chi connectivity index (χ2n) is 3.44. The van der Waals surface area contributed by atoms with E-state index >= 15 is 0 Å². The highest BCUT2D eigenvalue weighted by Crippen LogP contribution is 2.03. The van der Waals surface area contributed by atoms with E-state index in [9.17, 15) is 4.79 Å². The van der Waals surface area contributed by atoms with Crippen LogP contribution in [0.3, 0.4) is 0 Å². The van der Waals surface area contributed by atoms with Gasteiger partial charge in [0, 0.05) is 19.5 Å². The largest absolute Gasteiger partial charge is 0.349 e. The summed E-state index contributed by atoms with van der Waals surface area (Å²) in [6, 6.07) is -0.308. The number of hydrogen-bond acceptors (Lipinski definition) is 3. The first kappa shape index (κ1) is 10.0. The summed E-state index contributed by atoms with van der Waals surface area (Å²) in [5.74, 6) is 2.23. The Morgan fingerprint density at radius 2 is 2.46 bits per heavy atom. The Balaban J connectivity index is 2.22. The monoisotopic (exact) mass is 181 g/mol. The molecule has 3 N–H and O–H groups in total. The van der Waals surface area contributed by atoms with Crippen molar-refractivity contribution >= 4 is 5.91 Å². The van der Waals surface area contributed by atoms with Crippen LogP contribution in [0.2, 0.25) is 0 Å². The number of likely N-dealkylation sites (tertiary alicyclic amines) is 1. The summed E-state index contributed by atoms with van der Waals surface area (Å²) in [7, 11) is 2.00. The maximum Gasteiger partial charge on any atom is 0.238 e. The fourth-order valence-corrected chi connectivity index (χ4v) is 1.32. The molecule has 4 nitrogen and oxygen atoms in total. The molecule has 0 aromatic carbocycles. The first-order valence-corrected chi connectivity index (χ1v) is 4.31. The van der Waals surface area contributed by atoms with Crippen LogP contribution in [0.5, 0.6) is 0 Å². The van der Waals surface area contributed by atoms with E-state index in [0.717, 1.165) is 13.1 Å². The van der Waals surface area contributed by atoms with Crippen molar-refractivity contribution in [3.8, 4) is 12.3 Å². The molecule has 0 bridgehead atoms. The smallest absolute Gasteiger partial charge is 0.238 e. The van der Waals surface area contributed by atoms with Crippen LogP contribution >= 0.6 is 0 Å². The number of carbonyl (C=O) groups excluding carboxylic acids is 1. The van der Waals surface area contributed by atoms with Crippen LogP contribution in [-0.4, -0.2) is 43.0 Å². The van der Waals surface area contributed by atoms with Crippen molar-refractivity contribution in [2.45, 2.75) is 18.5 Å². The van der Waals surface area contributed by atoms with Crippen LogP contribution in [0.4, 0.5) is 0 Å². The maximum atomic E-state index is 11.3. The van der Waals surface area contributed by atoms with Crippen LogP contribution < -0.4 is 11.1 Å². The van der Waals surface area contributed by atoms with E-state index in [1.54, 1.807) is 0 Å². The maximum absolute atomic E-state index is 11.3. The molecule has 1 amide bonds. The third-order valence-corrected chi connectivity index (χ3v) is 2.09. The van der Waals surface area contributed by atoms with Crippen LogP contribution in [0.15, 0.2) is 0 Å². The van der Waals surface area contributed by atoms with Crippen molar-refractivity contribution in [2.75, 3.05) is 20.1 Å². The average Bonchev–Trinajstić information content (AvgIpc) is 2.02. The normalized spacial score (nSPS) is 20.1. The lowest BCUT2D eigenvalue weighted by Crippen LogP contribution is -2.59. The standard InChI is InChI=1S/C9H15N3O/c1-3-4-8(10)9(13)11-7-5-12(2)6-7/h1,7-8H,4-6,10H2,2H3,(H,11,13). The van der Waals surface area contributed by atoms with Crippen molar-refractivity contribution in [1.29, 1.82) is 0 Å². The molecule has 0 aliphatic carbocycles. The van der Waals surface area contributed by atoms with Gasteiger partial charge in [0.25, 0.3) is 0 Å². The molecule has 1 aliphatic rings. The number of amides is 1.